The van der Waals surface area contributed by atoms with Gasteiger partial charge in [0.25, 0.3) is 0 Å². The summed E-state index contributed by atoms with van der Waals surface area (Å²) >= 11 is 0. The number of carboxylic acid groups (broad SMARTS) is 1. The summed E-state index contributed by atoms with van der Waals surface area (Å²) in [4.78, 5) is 56.3. The molecule has 1 saturated carbocycles. The third-order valence-electron chi connectivity index (χ3n) is 17.6. The van der Waals surface area contributed by atoms with Crippen molar-refractivity contribution in [2.75, 3.05) is 86.2 Å². The summed E-state index contributed by atoms with van der Waals surface area (Å²) in [6, 6.07) is 1.74. The number of esters is 2. The van der Waals surface area contributed by atoms with Crippen molar-refractivity contribution in [3.8, 4) is 0 Å². The van der Waals surface area contributed by atoms with E-state index in [1.54, 1.807) is 53.0 Å². The molecule has 0 radical (unpaired) electrons. The number of ether oxygens (including phenoxy) is 9. The second-order valence-corrected chi connectivity index (χ2v) is 24.9. The lowest BCUT2D eigenvalue weighted by Crippen LogP contribution is -2.61. The van der Waals surface area contributed by atoms with E-state index in [-0.39, 0.29) is 93.8 Å². The fourth-order valence-corrected chi connectivity index (χ4v) is 12.5. The number of methoxy groups -OCH3 is 1. The number of hydrogen-bond donors (Lipinski definition) is 7. The molecule has 4 aliphatic rings. The van der Waals surface area contributed by atoms with Crippen LogP contribution in [0.2, 0.25) is 0 Å². The summed E-state index contributed by atoms with van der Waals surface area (Å²) in [6.45, 7) is 20.0. The molecular formula is C60H98FN5O18. The number of aromatic carboxylic acids is 1. The predicted molar refractivity (Wildman–Crippen MR) is 309 cm³/mol. The molecule has 2 aromatic rings. The normalized spacial score (nSPS) is 36.0. The number of carbonyl (C=O) groups excluding carboxylic acids is 2. The SMILES string of the molecule is CC[C@H]1OC(=O)[C@H](C)[C@@H](O[C@H]2C[C@@](C)(OC)[C@@H](OC(=O)CCNCCOCCOCCNc3cc4c(cc3F)c(=O)c(C(=O)O)cn4C3CC3)[C@H](C)O2)[C@H](C)[C@@H](O[C@@H]2O[C@H](C)C[C@H](N(C)C)[C@H]2O)[C@](C)(O)C[C@@H](C)CN(C)[C@H](C)[C@@H](O)[C@]1(C)O. The summed E-state index contributed by atoms with van der Waals surface area (Å²) in [7, 11) is 7.06. The van der Waals surface area contributed by atoms with Crippen LogP contribution in [0.25, 0.3) is 10.9 Å². The Morgan fingerprint density at radius 2 is 1.57 bits per heavy atom. The van der Waals surface area contributed by atoms with Crippen LogP contribution in [-0.4, -0.2) is 229 Å². The summed E-state index contributed by atoms with van der Waals surface area (Å²) in [5.41, 5.74) is -5.15. The minimum Gasteiger partial charge on any atom is -0.477 e. The summed E-state index contributed by atoms with van der Waals surface area (Å²) in [6.07, 6.45) is -6.12. The Hall–Kier alpha value is -3.99. The predicted octanol–water partition coefficient (Wildman–Crippen LogP) is 4.06. The zero-order valence-corrected chi connectivity index (χ0v) is 51.8. The van der Waals surface area contributed by atoms with Crippen LogP contribution < -0.4 is 16.1 Å². The zero-order chi connectivity index (χ0) is 62.2. The van der Waals surface area contributed by atoms with Gasteiger partial charge in [-0.1, -0.05) is 20.8 Å². The van der Waals surface area contributed by atoms with E-state index in [1.165, 1.54) is 26.3 Å². The van der Waals surface area contributed by atoms with E-state index < -0.39 is 125 Å². The van der Waals surface area contributed by atoms with Gasteiger partial charge in [-0.2, -0.15) is 0 Å². The van der Waals surface area contributed by atoms with E-state index in [2.05, 4.69) is 10.6 Å². The fourth-order valence-electron chi connectivity index (χ4n) is 12.5. The number of aromatic nitrogens is 1. The molecule has 0 spiro atoms. The number of pyridine rings is 1. The van der Waals surface area contributed by atoms with Crippen LogP contribution >= 0.6 is 0 Å². The fraction of sp³-hybridized carbons (Fsp3) is 0.800. The lowest BCUT2D eigenvalue weighted by atomic mass is 9.77. The van der Waals surface area contributed by atoms with Crippen LogP contribution in [0.5, 0.6) is 0 Å². The first-order valence-corrected chi connectivity index (χ1v) is 29.9. The molecule has 4 fully saturated rings. The van der Waals surface area contributed by atoms with Crippen LogP contribution in [0, 0.1) is 23.6 Å². The standard InChI is InChI=1S/C60H98FN5O18/c1-15-46-60(10,75)52(70)37(6)65(13)31-33(2)29-58(8,74)53(84-57-50(69)45(64(11)12)26-34(3)79-57)35(4)51(36(5)56(73)81-46)83-48-30-59(9,76-14)54(38(7)80-48)82-47(67)18-19-62-20-22-77-24-25-78-23-21-63-43-28-44-40(27-42(43)61)49(68)41(55(71)72)32-66(44)39-16-17-39/h27-28,32-39,45-46,48,50-54,57,62-63,69-70,74-75H,15-26,29-31H2,1-14H3,(H,71,72)/t33-,34-,35+,36-,37-,38+,45+,46-,48+,50-,51+,52-,53-,54+,57+,58-,59-,60-/m1/s1. The van der Waals surface area contributed by atoms with Gasteiger partial charge in [-0.25, -0.2) is 9.18 Å². The number of fused-ring (bicyclic) bond motifs is 1. The topological polar surface area (TPSA) is 288 Å². The van der Waals surface area contributed by atoms with Crippen LogP contribution in [-0.2, 0) is 52.2 Å². The molecule has 1 aromatic heterocycles. The number of hydrogen-bond acceptors (Lipinski definition) is 21. The lowest BCUT2D eigenvalue weighted by Gasteiger charge is -2.49. The van der Waals surface area contributed by atoms with Crippen LogP contribution in [0.4, 0.5) is 10.1 Å². The average molecular weight is 1200 g/mol. The number of cyclic esters (lactones) is 1. The Morgan fingerprint density at radius 3 is 2.19 bits per heavy atom. The molecule has 3 saturated heterocycles. The quantitative estimate of drug-likeness (QED) is 0.0610. The van der Waals surface area contributed by atoms with Crippen molar-refractivity contribution in [3.63, 3.8) is 0 Å². The van der Waals surface area contributed by atoms with Gasteiger partial charge in [-0.15, -0.1) is 0 Å². The second-order valence-electron chi connectivity index (χ2n) is 24.9. The molecule has 3 aliphatic heterocycles. The van der Waals surface area contributed by atoms with Gasteiger partial charge in [0.05, 0.1) is 80.0 Å². The van der Waals surface area contributed by atoms with Crippen LogP contribution in [0.3, 0.4) is 0 Å². The van der Waals surface area contributed by atoms with Gasteiger partial charge in [0, 0.05) is 75.3 Å². The molecule has 4 heterocycles. The maximum Gasteiger partial charge on any atom is 0.341 e. The number of nitrogens with zero attached hydrogens (tertiary/aromatic N) is 3. The molecule has 18 atom stereocenters. The van der Waals surface area contributed by atoms with Crippen molar-refractivity contribution in [2.45, 2.75) is 211 Å². The van der Waals surface area contributed by atoms with Crippen LogP contribution in [0.1, 0.15) is 131 Å². The number of aliphatic hydroxyl groups excluding tert-OH is 2. The average Bonchev–Trinajstić information content (AvgIpc) is 3.14. The van der Waals surface area contributed by atoms with Crippen molar-refractivity contribution in [2.24, 2.45) is 17.8 Å². The van der Waals surface area contributed by atoms with E-state index in [0.717, 1.165) is 18.9 Å². The second kappa shape index (κ2) is 29.8. The number of rotatable bonds is 23. The highest BCUT2D eigenvalue weighted by Crippen LogP contribution is 2.42. The first-order valence-electron chi connectivity index (χ1n) is 29.9. The smallest absolute Gasteiger partial charge is 0.341 e. The molecule has 24 heteroatoms. The van der Waals surface area contributed by atoms with E-state index in [1.807, 2.05) is 44.8 Å². The number of carbonyl (C=O) groups is 3. The first-order chi connectivity index (χ1) is 39.5. The number of anilines is 1. The number of likely N-dealkylation sites (N-methyl/N-ethyl adjacent to an activating group) is 2. The number of carboxylic acids is 1. The Bertz CT molecular complexity index is 2550. The van der Waals surface area contributed by atoms with Gasteiger partial charge >= 0.3 is 17.9 Å². The molecule has 1 aliphatic carbocycles. The number of nitrogens with one attached hydrogen (secondary N) is 2. The van der Waals surface area contributed by atoms with Crippen LogP contribution in [0.15, 0.2) is 23.1 Å². The largest absolute Gasteiger partial charge is 0.477 e. The molecule has 84 heavy (non-hydrogen) atoms. The summed E-state index contributed by atoms with van der Waals surface area (Å²) in [5.74, 6) is -5.43. The molecule has 23 nitrogen and oxygen atoms in total. The third-order valence-corrected chi connectivity index (χ3v) is 17.6. The molecule has 0 unspecified atom stereocenters. The van der Waals surface area contributed by atoms with E-state index in [4.69, 9.17) is 42.6 Å². The maximum absolute atomic E-state index is 15.0. The van der Waals surface area contributed by atoms with Gasteiger partial charge in [0.1, 0.15) is 40.9 Å². The zero-order valence-electron chi connectivity index (χ0n) is 51.8. The maximum atomic E-state index is 15.0. The molecule has 6 rings (SSSR count). The molecule has 478 valence electrons. The monoisotopic (exact) mass is 1200 g/mol. The van der Waals surface area contributed by atoms with Crippen molar-refractivity contribution >= 4 is 34.5 Å². The molecule has 0 bridgehead atoms. The van der Waals surface area contributed by atoms with E-state index >= 15 is 4.39 Å². The Labute approximate surface area is 494 Å². The highest BCUT2D eigenvalue weighted by Gasteiger charge is 2.54. The van der Waals surface area contributed by atoms with Crippen molar-refractivity contribution in [3.05, 3.63) is 39.9 Å². The van der Waals surface area contributed by atoms with Gasteiger partial charge < -0.3 is 93.2 Å². The Kier molecular flexibility index (Phi) is 24.5. The number of benzene rings is 1. The van der Waals surface area contributed by atoms with Crippen molar-refractivity contribution in [1.29, 1.82) is 0 Å². The number of aliphatic hydroxyl groups is 4. The minimum atomic E-state index is -1.87. The third kappa shape index (κ3) is 17.0. The van der Waals surface area contributed by atoms with Gasteiger partial charge in [-0.05, 0) is 120 Å². The number of halogens is 1. The van der Waals surface area contributed by atoms with Gasteiger partial charge in [0.15, 0.2) is 18.7 Å². The summed E-state index contributed by atoms with van der Waals surface area (Å²) < 4.78 is 72.9. The Morgan fingerprint density at radius 1 is 0.905 bits per heavy atom. The highest BCUT2D eigenvalue weighted by molar-refractivity contribution is 5.93. The Balaban J connectivity index is 1.04. The van der Waals surface area contributed by atoms with Gasteiger partial charge in [-0.3, -0.25) is 14.4 Å². The highest BCUT2D eigenvalue weighted by atomic mass is 19.1. The first kappa shape index (κ1) is 69.1. The van der Waals surface area contributed by atoms with Gasteiger partial charge in [0.2, 0.25) is 5.43 Å². The van der Waals surface area contributed by atoms with E-state index in [9.17, 15) is 44.7 Å². The lowest BCUT2D eigenvalue weighted by molar-refractivity contribution is -0.318. The van der Waals surface area contributed by atoms with Crippen molar-refractivity contribution < 1.29 is 86.9 Å². The van der Waals surface area contributed by atoms with Crippen molar-refractivity contribution in [1.82, 2.24) is 19.7 Å². The minimum absolute atomic E-state index is 0.0172. The summed E-state index contributed by atoms with van der Waals surface area (Å²) in [5, 5.41) is 63.8. The molecule has 1 aromatic carbocycles. The molecular weight excluding hydrogens is 1100 g/mol. The van der Waals surface area contributed by atoms with E-state index in [0.29, 0.717) is 31.6 Å². The molecule has 7 N–H and O–H groups in total. The molecule has 0 amide bonds.